The highest BCUT2D eigenvalue weighted by Crippen LogP contribution is 2.26. The van der Waals surface area contributed by atoms with Crippen molar-refractivity contribution in [1.82, 2.24) is 9.97 Å². The second-order valence-electron chi connectivity index (χ2n) is 6.29. The predicted molar refractivity (Wildman–Crippen MR) is 110 cm³/mol. The third-order valence-electron chi connectivity index (χ3n) is 4.30. The summed E-state index contributed by atoms with van der Waals surface area (Å²) in [5.41, 5.74) is 11.3. The number of unbranched alkanes of at least 4 members (excludes halogenated alkanes) is 2. The molecule has 2 N–H and O–H groups in total. The summed E-state index contributed by atoms with van der Waals surface area (Å²) in [5, 5.41) is 0. The molecule has 0 radical (unpaired) electrons. The van der Waals surface area contributed by atoms with Gasteiger partial charge in [-0.3, -0.25) is 0 Å². The van der Waals surface area contributed by atoms with E-state index in [2.05, 4.69) is 19.2 Å². The predicted octanol–water partition coefficient (Wildman–Crippen LogP) is 5.01. The van der Waals surface area contributed by atoms with Gasteiger partial charge in [0.15, 0.2) is 0 Å². The number of aromatic nitrogens is 2. The smallest absolute Gasteiger partial charge is 0.123 e. The highest BCUT2D eigenvalue weighted by molar-refractivity contribution is 7.80. The third-order valence-corrected chi connectivity index (χ3v) is 4.61. The fourth-order valence-corrected chi connectivity index (χ4v) is 3.11. The number of nitrogens with zero attached hydrogens (tertiary/aromatic N) is 2. The molecule has 5 heteroatoms. The second kappa shape index (κ2) is 8.32. The minimum atomic E-state index is -0.260. The first kappa shape index (κ1) is 18.4. The van der Waals surface area contributed by atoms with Crippen molar-refractivity contribution in [2.45, 2.75) is 25.7 Å². The number of aryl methyl sites for hydroxylation is 1. The topological polar surface area (TPSA) is 51.8 Å². The van der Waals surface area contributed by atoms with E-state index in [-0.39, 0.29) is 5.82 Å². The zero-order valence-corrected chi connectivity index (χ0v) is 15.5. The summed E-state index contributed by atoms with van der Waals surface area (Å²) in [7, 11) is 0. The van der Waals surface area contributed by atoms with Crippen LogP contribution in [0.2, 0.25) is 0 Å². The van der Waals surface area contributed by atoms with E-state index in [0.29, 0.717) is 5.70 Å². The number of rotatable bonds is 7. The molecule has 1 aromatic heterocycles. The van der Waals surface area contributed by atoms with Crippen LogP contribution in [0.5, 0.6) is 0 Å². The van der Waals surface area contributed by atoms with Crippen molar-refractivity contribution in [3.63, 3.8) is 0 Å². The molecule has 0 aliphatic carbocycles. The molecule has 0 saturated carbocycles. The Bertz CT molecular complexity index is 922. The van der Waals surface area contributed by atoms with Crippen molar-refractivity contribution in [2.75, 3.05) is 5.75 Å². The number of hydrogen-bond acceptors (Lipinski definition) is 4. The Hall–Kier alpha value is -2.40. The van der Waals surface area contributed by atoms with Gasteiger partial charge in [-0.1, -0.05) is 19.1 Å². The van der Waals surface area contributed by atoms with Gasteiger partial charge < -0.3 is 5.73 Å². The fourth-order valence-electron chi connectivity index (χ4n) is 2.88. The monoisotopic (exact) mass is 367 g/mol. The molecule has 3 nitrogen and oxygen atoms in total. The van der Waals surface area contributed by atoms with E-state index in [9.17, 15) is 4.39 Å². The van der Waals surface area contributed by atoms with Crippen molar-refractivity contribution in [3.8, 4) is 11.3 Å². The van der Waals surface area contributed by atoms with Gasteiger partial charge in [0, 0.05) is 11.3 Å². The Morgan fingerprint density at radius 3 is 2.46 bits per heavy atom. The summed E-state index contributed by atoms with van der Waals surface area (Å²) < 4.78 is 13.3. The number of hydrogen-bond donors (Lipinski definition) is 2. The van der Waals surface area contributed by atoms with E-state index in [1.54, 1.807) is 12.1 Å². The average molecular weight is 367 g/mol. The molecule has 26 heavy (non-hydrogen) atoms. The van der Waals surface area contributed by atoms with Gasteiger partial charge in [0.2, 0.25) is 0 Å². The quantitative estimate of drug-likeness (QED) is 0.456. The van der Waals surface area contributed by atoms with Crippen molar-refractivity contribution < 1.29 is 4.39 Å². The molecular weight excluding hydrogens is 345 g/mol. The van der Waals surface area contributed by atoms with Crippen LogP contribution < -0.4 is 5.73 Å². The standard InChI is InChI=1S/C21H22FN3S/c1-14(23)16-8-11-18-20(13-16)24-19(5-3-2-4-12-26)21(25-18)15-6-9-17(22)10-7-15/h6-11,13,26H,1-5,12,23H2. The fraction of sp³-hybridized carbons (Fsp3) is 0.238. The van der Waals surface area contributed by atoms with Crippen molar-refractivity contribution >= 4 is 29.4 Å². The van der Waals surface area contributed by atoms with Gasteiger partial charge in [-0.2, -0.15) is 12.6 Å². The lowest BCUT2D eigenvalue weighted by atomic mass is 10.0. The van der Waals surface area contributed by atoms with Crippen LogP contribution in [-0.4, -0.2) is 15.7 Å². The number of halogens is 1. The van der Waals surface area contributed by atoms with E-state index < -0.39 is 0 Å². The summed E-state index contributed by atoms with van der Waals surface area (Å²) in [6, 6.07) is 12.1. The van der Waals surface area contributed by atoms with Gasteiger partial charge in [0.1, 0.15) is 5.82 Å². The Kier molecular flexibility index (Phi) is 5.89. The number of nitrogens with two attached hydrogens (primary N) is 1. The summed E-state index contributed by atoms with van der Waals surface area (Å²) >= 11 is 4.26. The first-order valence-electron chi connectivity index (χ1n) is 8.70. The molecule has 0 unspecified atom stereocenters. The normalized spacial score (nSPS) is 11.0. The van der Waals surface area contributed by atoms with Gasteiger partial charge in [0.05, 0.1) is 22.4 Å². The first-order valence-corrected chi connectivity index (χ1v) is 9.34. The van der Waals surface area contributed by atoms with E-state index >= 15 is 0 Å². The Labute approximate surface area is 158 Å². The lowest BCUT2D eigenvalue weighted by Crippen LogP contribution is -2.01. The van der Waals surface area contributed by atoms with Crippen LogP contribution in [0.25, 0.3) is 28.0 Å². The van der Waals surface area contributed by atoms with Gasteiger partial charge in [-0.25, -0.2) is 14.4 Å². The van der Waals surface area contributed by atoms with Gasteiger partial charge in [0.25, 0.3) is 0 Å². The summed E-state index contributed by atoms with van der Waals surface area (Å²) in [5.74, 6) is 0.625. The van der Waals surface area contributed by atoms with Crippen LogP contribution in [0.4, 0.5) is 4.39 Å². The molecule has 0 bridgehead atoms. The number of fused-ring (bicyclic) bond motifs is 1. The van der Waals surface area contributed by atoms with Crippen LogP contribution in [0.3, 0.4) is 0 Å². The molecule has 0 spiro atoms. The molecule has 2 aromatic carbocycles. The molecule has 0 aliphatic heterocycles. The van der Waals surface area contributed by atoms with E-state index in [1.807, 2.05) is 18.2 Å². The Balaban J connectivity index is 2.05. The molecule has 3 rings (SSSR count). The van der Waals surface area contributed by atoms with Crippen LogP contribution >= 0.6 is 12.6 Å². The zero-order valence-electron chi connectivity index (χ0n) is 14.6. The molecule has 0 saturated heterocycles. The van der Waals surface area contributed by atoms with Crippen LogP contribution in [0, 0.1) is 5.82 Å². The maximum atomic E-state index is 13.3. The summed E-state index contributed by atoms with van der Waals surface area (Å²) in [6.45, 7) is 3.78. The average Bonchev–Trinajstić information content (AvgIpc) is 2.65. The summed E-state index contributed by atoms with van der Waals surface area (Å²) in [6.07, 6.45) is 3.99. The number of thiol groups is 1. The second-order valence-corrected chi connectivity index (χ2v) is 6.74. The molecule has 3 aromatic rings. The molecule has 0 amide bonds. The molecular formula is C21H22FN3S. The molecule has 134 valence electrons. The van der Waals surface area contributed by atoms with Crippen LogP contribution in [0.15, 0.2) is 49.0 Å². The Morgan fingerprint density at radius 1 is 1.00 bits per heavy atom. The summed E-state index contributed by atoms with van der Waals surface area (Å²) in [4.78, 5) is 9.65. The minimum Gasteiger partial charge on any atom is -0.399 e. The molecule has 0 aliphatic rings. The highest BCUT2D eigenvalue weighted by Gasteiger charge is 2.12. The lowest BCUT2D eigenvalue weighted by Gasteiger charge is -2.11. The maximum absolute atomic E-state index is 13.3. The SMILES string of the molecule is C=C(N)c1ccc2nc(-c3ccc(F)cc3)c(CCCCCS)nc2c1. The van der Waals surface area contributed by atoms with E-state index in [1.165, 1.54) is 12.1 Å². The first-order chi connectivity index (χ1) is 12.6. The van der Waals surface area contributed by atoms with E-state index in [0.717, 1.165) is 65.0 Å². The number of benzene rings is 2. The van der Waals surface area contributed by atoms with Gasteiger partial charge >= 0.3 is 0 Å². The van der Waals surface area contributed by atoms with Gasteiger partial charge in [-0.15, -0.1) is 0 Å². The molecule has 1 heterocycles. The van der Waals surface area contributed by atoms with Crippen LogP contribution in [0.1, 0.15) is 30.5 Å². The van der Waals surface area contributed by atoms with Crippen molar-refractivity contribution in [2.24, 2.45) is 5.73 Å². The van der Waals surface area contributed by atoms with Crippen LogP contribution in [-0.2, 0) is 6.42 Å². The largest absolute Gasteiger partial charge is 0.399 e. The van der Waals surface area contributed by atoms with Crippen molar-refractivity contribution in [1.29, 1.82) is 0 Å². The minimum absolute atomic E-state index is 0.260. The third kappa shape index (κ3) is 4.22. The molecule has 0 fully saturated rings. The highest BCUT2D eigenvalue weighted by atomic mass is 32.1. The maximum Gasteiger partial charge on any atom is 0.123 e. The lowest BCUT2D eigenvalue weighted by molar-refractivity contribution is 0.628. The zero-order chi connectivity index (χ0) is 18.5. The van der Waals surface area contributed by atoms with Gasteiger partial charge in [-0.05, 0) is 67.0 Å². The Morgan fingerprint density at radius 2 is 1.77 bits per heavy atom. The van der Waals surface area contributed by atoms with E-state index in [4.69, 9.17) is 15.7 Å². The van der Waals surface area contributed by atoms with Crippen molar-refractivity contribution in [3.05, 3.63) is 66.1 Å². The molecule has 0 atom stereocenters.